The molecule has 0 aromatic heterocycles. The van der Waals surface area contributed by atoms with Gasteiger partial charge in [-0.2, -0.15) is 17.7 Å². The molecule has 0 spiro atoms. The lowest BCUT2D eigenvalue weighted by Gasteiger charge is -2.15. The number of nitrogens with zero attached hydrogens (tertiary/aromatic N) is 4. The average molecular weight is 468 g/mol. The summed E-state index contributed by atoms with van der Waals surface area (Å²) in [6.45, 7) is 10.6. The van der Waals surface area contributed by atoms with Gasteiger partial charge in [0.1, 0.15) is 0 Å². The van der Waals surface area contributed by atoms with Gasteiger partial charge in [-0.3, -0.25) is 14.4 Å². The highest BCUT2D eigenvalue weighted by Crippen LogP contribution is 2.16. The Hall–Kier alpha value is -3.02. The van der Waals surface area contributed by atoms with Gasteiger partial charge in [0.2, 0.25) is 5.91 Å². The van der Waals surface area contributed by atoms with E-state index in [1.807, 2.05) is 13.8 Å². The van der Waals surface area contributed by atoms with Crippen LogP contribution in [-0.2, 0) is 28.8 Å². The minimum absolute atomic E-state index is 0.0173. The first-order valence-corrected chi connectivity index (χ1v) is 10.3. The third-order valence-electron chi connectivity index (χ3n) is 3.97. The van der Waals surface area contributed by atoms with Gasteiger partial charge < -0.3 is 9.57 Å². The van der Waals surface area contributed by atoms with Crippen LogP contribution in [0.25, 0.3) is 0 Å². The summed E-state index contributed by atoms with van der Waals surface area (Å²) in [6, 6.07) is -0.0173. The number of thiol groups is 1. The van der Waals surface area contributed by atoms with E-state index in [-0.39, 0.29) is 50.6 Å². The molecule has 1 heterocycles. The highest BCUT2D eigenvalue weighted by Gasteiger charge is 2.32. The summed E-state index contributed by atoms with van der Waals surface area (Å²) in [5.41, 5.74) is 3.65. The van der Waals surface area contributed by atoms with E-state index in [1.165, 1.54) is 6.20 Å². The van der Waals surface area contributed by atoms with Crippen molar-refractivity contribution in [1.82, 2.24) is 10.5 Å². The van der Waals surface area contributed by atoms with Crippen molar-refractivity contribution in [2.45, 2.75) is 64.5 Å². The first-order valence-electron chi connectivity index (χ1n) is 9.89. The molecule has 0 aromatic rings. The van der Waals surface area contributed by atoms with Crippen molar-refractivity contribution < 1.29 is 28.8 Å². The van der Waals surface area contributed by atoms with Gasteiger partial charge in [0.05, 0.1) is 18.7 Å². The number of ether oxygens (including phenoxy) is 1. The standard InChI is InChI=1S/C20H29N5O6S/c1-13(14(2)23-24-15(26)11-20(3,4)32)12-22-19(21-5)30-10-6-7-18(29)31-25-16(27)8-9-17(25)28/h12,32H,5-11H2,1-4H3,(H,24,26)/b13-12+,22-19?,23-14+. The van der Waals surface area contributed by atoms with Crippen molar-refractivity contribution >= 4 is 54.8 Å². The zero-order valence-corrected chi connectivity index (χ0v) is 19.6. The third-order valence-corrected chi connectivity index (χ3v) is 4.13. The summed E-state index contributed by atoms with van der Waals surface area (Å²) in [4.78, 5) is 58.8. The van der Waals surface area contributed by atoms with Crippen LogP contribution in [0.4, 0.5) is 0 Å². The lowest BCUT2D eigenvalue weighted by atomic mass is 10.1. The maximum Gasteiger partial charge on any atom is 0.333 e. The van der Waals surface area contributed by atoms with Crippen LogP contribution in [0.2, 0.25) is 0 Å². The van der Waals surface area contributed by atoms with Gasteiger partial charge in [-0.05, 0) is 32.6 Å². The second-order valence-corrected chi connectivity index (χ2v) is 8.81. The maximum absolute atomic E-state index is 11.8. The number of allylic oxidation sites excluding steroid dienone is 1. The molecule has 1 aliphatic rings. The number of carbonyl (C=O) groups is 4. The van der Waals surface area contributed by atoms with E-state index in [0.29, 0.717) is 16.3 Å². The van der Waals surface area contributed by atoms with Crippen molar-refractivity contribution in [3.63, 3.8) is 0 Å². The average Bonchev–Trinajstić information content (AvgIpc) is 3.01. The number of hydrogen-bond donors (Lipinski definition) is 2. The van der Waals surface area contributed by atoms with Crippen LogP contribution in [0.3, 0.4) is 0 Å². The molecule has 1 saturated heterocycles. The molecule has 176 valence electrons. The summed E-state index contributed by atoms with van der Waals surface area (Å²) >= 11 is 4.30. The number of imide groups is 1. The number of hydrazone groups is 1. The topological polar surface area (TPSA) is 139 Å². The Morgan fingerprint density at radius 2 is 1.88 bits per heavy atom. The smallest absolute Gasteiger partial charge is 0.333 e. The molecule has 0 unspecified atom stereocenters. The Labute approximate surface area is 192 Å². The second kappa shape index (κ2) is 12.7. The Morgan fingerprint density at radius 1 is 1.25 bits per heavy atom. The molecule has 0 bridgehead atoms. The van der Waals surface area contributed by atoms with Crippen molar-refractivity contribution in [2.24, 2.45) is 15.1 Å². The van der Waals surface area contributed by atoms with Gasteiger partial charge >= 0.3 is 12.0 Å². The van der Waals surface area contributed by atoms with Crippen LogP contribution in [0.1, 0.15) is 59.8 Å². The van der Waals surface area contributed by atoms with E-state index in [9.17, 15) is 19.2 Å². The van der Waals surface area contributed by atoms with E-state index < -0.39 is 22.5 Å². The molecule has 1 aliphatic heterocycles. The number of hydrogen-bond acceptors (Lipinski definition) is 9. The Morgan fingerprint density at radius 3 is 2.44 bits per heavy atom. The second-order valence-electron chi connectivity index (χ2n) is 7.60. The lowest BCUT2D eigenvalue weighted by Crippen LogP contribution is -2.32. The van der Waals surface area contributed by atoms with Gasteiger partial charge in [-0.1, -0.05) is 13.8 Å². The molecule has 0 saturated carbocycles. The van der Waals surface area contributed by atoms with E-state index in [1.54, 1.807) is 13.8 Å². The summed E-state index contributed by atoms with van der Waals surface area (Å²) in [5.74, 6) is -2.03. The summed E-state index contributed by atoms with van der Waals surface area (Å²) in [6.07, 6.45) is 1.93. The van der Waals surface area contributed by atoms with Crippen LogP contribution in [0, 0.1) is 0 Å². The highest BCUT2D eigenvalue weighted by atomic mass is 32.1. The summed E-state index contributed by atoms with van der Waals surface area (Å²) in [7, 11) is 0. The number of amides is 3. The van der Waals surface area contributed by atoms with Gasteiger partial charge in [0, 0.05) is 30.2 Å². The predicted molar refractivity (Wildman–Crippen MR) is 122 cm³/mol. The molecule has 1 N–H and O–H groups in total. The van der Waals surface area contributed by atoms with Crippen molar-refractivity contribution in [3.05, 3.63) is 11.8 Å². The van der Waals surface area contributed by atoms with Crippen LogP contribution < -0.4 is 5.43 Å². The van der Waals surface area contributed by atoms with Gasteiger partial charge in [-0.15, -0.1) is 5.06 Å². The van der Waals surface area contributed by atoms with Crippen LogP contribution in [0.5, 0.6) is 0 Å². The fourth-order valence-electron chi connectivity index (χ4n) is 2.22. The number of nitrogens with one attached hydrogen (secondary N) is 1. The SMILES string of the molecule is C=NC(=N/C=C(C)/C(C)=N/NC(=O)CC(C)(C)S)OCCCC(=O)ON1C(=O)CCC1=O. The fraction of sp³-hybridized carbons (Fsp3) is 0.550. The zero-order valence-electron chi connectivity index (χ0n) is 18.7. The van der Waals surface area contributed by atoms with Gasteiger partial charge in [0.15, 0.2) is 0 Å². The number of hydroxylamine groups is 2. The predicted octanol–water partition coefficient (Wildman–Crippen LogP) is 1.94. The number of amidine groups is 1. The molecule has 12 heteroatoms. The first-order chi connectivity index (χ1) is 14.9. The normalized spacial score (nSPS) is 15.7. The van der Waals surface area contributed by atoms with Crippen molar-refractivity contribution in [2.75, 3.05) is 6.61 Å². The van der Waals surface area contributed by atoms with E-state index >= 15 is 0 Å². The van der Waals surface area contributed by atoms with Gasteiger partial charge in [-0.25, -0.2) is 20.2 Å². The molecule has 0 aromatic carbocycles. The van der Waals surface area contributed by atoms with E-state index in [2.05, 4.69) is 39.9 Å². The Kier molecular flexibility index (Phi) is 10.8. The molecule has 11 nitrogen and oxygen atoms in total. The van der Waals surface area contributed by atoms with Gasteiger partial charge in [0.25, 0.3) is 11.8 Å². The minimum atomic E-state index is -0.715. The first kappa shape index (κ1) is 27.0. The summed E-state index contributed by atoms with van der Waals surface area (Å²) in [5, 5.41) is 4.52. The molecule has 0 atom stereocenters. The lowest BCUT2D eigenvalue weighted by molar-refractivity contribution is -0.197. The van der Waals surface area contributed by atoms with E-state index in [4.69, 9.17) is 9.57 Å². The van der Waals surface area contributed by atoms with Crippen LogP contribution in [-0.4, -0.2) is 58.6 Å². The monoisotopic (exact) mass is 467 g/mol. The molecular weight excluding hydrogens is 438 g/mol. The molecule has 1 fully saturated rings. The number of aliphatic imine (C=N–C) groups is 2. The Bertz CT molecular complexity index is 828. The van der Waals surface area contributed by atoms with Crippen molar-refractivity contribution in [3.8, 4) is 0 Å². The fourth-order valence-corrected chi connectivity index (χ4v) is 2.36. The van der Waals surface area contributed by atoms with Crippen molar-refractivity contribution in [1.29, 1.82) is 0 Å². The minimum Gasteiger partial charge on any atom is -0.463 e. The summed E-state index contributed by atoms with van der Waals surface area (Å²) < 4.78 is 4.90. The number of carbonyl (C=O) groups excluding carboxylic acids is 4. The van der Waals surface area contributed by atoms with Crippen LogP contribution >= 0.6 is 12.6 Å². The molecule has 0 aliphatic carbocycles. The third kappa shape index (κ3) is 10.3. The molecule has 32 heavy (non-hydrogen) atoms. The molecule has 1 rings (SSSR count). The quantitative estimate of drug-likeness (QED) is 0.126. The highest BCUT2D eigenvalue weighted by molar-refractivity contribution is 7.81. The maximum atomic E-state index is 11.8. The molecular formula is C20H29N5O6S. The number of rotatable bonds is 10. The Balaban J connectivity index is 2.46. The largest absolute Gasteiger partial charge is 0.463 e. The zero-order chi connectivity index (χ0) is 24.3. The molecule has 0 radical (unpaired) electrons. The van der Waals surface area contributed by atoms with E-state index in [0.717, 1.165) is 0 Å². The van der Waals surface area contributed by atoms with Crippen LogP contribution in [0.15, 0.2) is 26.9 Å². The molecule has 3 amide bonds.